The van der Waals surface area contributed by atoms with Crippen molar-refractivity contribution in [1.82, 2.24) is 0 Å². The molecule has 0 amide bonds. The molecule has 0 heterocycles. The third kappa shape index (κ3) is 2.17. The van der Waals surface area contributed by atoms with Crippen LogP contribution in [0.5, 0.6) is 0 Å². The van der Waals surface area contributed by atoms with Gasteiger partial charge in [0, 0.05) is 16.7 Å². The van der Waals surface area contributed by atoms with E-state index in [0.29, 0.717) is 11.1 Å². The van der Waals surface area contributed by atoms with Crippen LogP contribution >= 0.6 is 0 Å². The van der Waals surface area contributed by atoms with E-state index in [0.717, 1.165) is 5.57 Å². The molecule has 0 bridgehead atoms. The number of allylic oxidation sites excluding steroid dienone is 2. The first-order valence-electron chi connectivity index (χ1n) is 5.73. The van der Waals surface area contributed by atoms with Crippen LogP contribution in [0.1, 0.15) is 34.6 Å². The number of aliphatic hydroxyl groups excluding tert-OH is 1. The van der Waals surface area contributed by atoms with Gasteiger partial charge in [0.25, 0.3) is 0 Å². The highest BCUT2D eigenvalue weighted by molar-refractivity contribution is 6.25. The highest BCUT2D eigenvalue weighted by atomic mass is 16.3. The Bertz CT molecular complexity index is 575. The van der Waals surface area contributed by atoms with Crippen molar-refractivity contribution >= 4 is 11.6 Å². The number of Topliss-reactive ketones (excluding diaryl/α,β-unsaturated/α-hetero) is 1. The quantitative estimate of drug-likeness (QED) is 0.810. The lowest BCUT2D eigenvalue weighted by Gasteiger charge is -2.17. The predicted molar refractivity (Wildman–Crippen MR) is 68.6 cm³/mol. The van der Waals surface area contributed by atoms with Crippen molar-refractivity contribution in [2.45, 2.75) is 20.0 Å². The van der Waals surface area contributed by atoms with Gasteiger partial charge in [-0.25, -0.2) is 0 Å². The molecular formula is C15H14O3. The van der Waals surface area contributed by atoms with Gasteiger partial charge in [0.05, 0.1) is 0 Å². The fraction of sp³-hybridized carbons (Fsp3) is 0.200. The number of hydrogen-bond donors (Lipinski definition) is 1. The first-order chi connectivity index (χ1) is 8.50. The zero-order chi connectivity index (χ0) is 13.3. The summed E-state index contributed by atoms with van der Waals surface area (Å²) >= 11 is 0. The highest BCUT2D eigenvalue weighted by Crippen LogP contribution is 2.23. The zero-order valence-electron chi connectivity index (χ0n) is 10.3. The largest absolute Gasteiger partial charge is 0.384 e. The zero-order valence-corrected chi connectivity index (χ0v) is 10.3. The van der Waals surface area contributed by atoms with E-state index in [-0.39, 0.29) is 17.1 Å². The molecule has 92 valence electrons. The minimum absolute atomic E-state index is 0.139. The summed E-state index contributed by atoms with van der Waals surface area (Å²) in [5, 5.41) is 9.94. The van der Waals surface area contributed by atoms with Gasteiger partial charge in [-0.05, 0) is 19.9 Å². The van der Waals surface area contributed by atoms with Crippen LogP contribution in [-0.4, -0.2) is 22.8 Å². The molecule has 0 fully saturated rings. The molecule has 1 aromatic rings. The average Bonchev–Trinajstić information content (AvgIpc) is 2.33. The minimum Gasteiger partial charge on any atom is -0.384 e. The van der Waals surface area contributed by atoms with Crippen LogP contribution in [0.3, 0.4) is 0 Å². The number of rotatable bonds is 2. The van der Waals surface area contributed by atoms with Crippen molar-refractivity contribution in [2.24, 2.45) is 0 Å². The molecule has 1 aliphatic carbocycles. The number of aliphatic hydroxyl groups is 1. The second-order valence-electron chi connectivity index (χ2n) is 4.53. The number of benzene rings is 1. The predicted octanol–water partition coefficient (Wildman–Crippen LogP) is 2.32. The van der Waals surface area contributed by atoms with Gasteiger partial charge >= 0.3 is 0 Å². The highest BCUT2D eigenvalue weighted by Gasteiger charge is 2.28. The molecular weight excluding hydrogens is 228 g/mol. The molecule has 1 atom stereocenters. The molecule has 0 aliphatic heterocycles. The Morgan fingerprint density at radius 2 is 1.78 bits per heavy atom. The van der Waals surface area contributed by atoms with E-state index in [1.54, 1.807) is 30.3 Å². The summed E-state index contributed by atoms with van der Waals surface area (Å²) in [7, 11) is 0. The summed E-state index contributed by atoms with van der Waals surface area (Å²) in [5.74, 6) is -0.517. The lowest BCUT2D eigenvalue weighted by molar-refractivity contribution is 0.0960. The topological polar surface area (TPSA) is 54.4 Å². The van der Waals surface area contributed by atoms with Crippen molar-refractivity contribution in [3.63, 3.8) is 0 Å². The molecule has 1 aromatic carbocycles. The second kappa shape index (κ2) is 4.70. The lowest BCUT2D eigenvalue weighted by atomic mass is 9.87. The third-order valence-corrected chi connectivity index (χ3v) is 2.80. The van der Waals surface area contributed by atoms with Crippen molar-refractivity contribution in [2.75, 3.05) is 0 Å². The average molecular weight is 242 g/mol. The first-order valence-corrected chi connectivity index (χ1v) is 5.73. The molecule has 0 aromatic heterocycles. The van der Waals surface area contributed by atoms with Gasteiger partial charge in [-0.1, -0.05) is 35.9 Å². The molecule has 18 heavy (non-hydrogen) atoms. The Labute approximate surface area is 105 Å². The van der Waals surface area contributed by atoms with Crippen LogP contribution in [0.25, 0.3) is 0 Å². The summed E-state index contributed by atoms with van der Waals surface area (Å²) < 4.78 is 0. The number of carbonyl (C=O) groups excluding carboxylic acids is 2. The number of carbonyl (C=O) groups is 2. The van der Waals surface area contributed by atoms with Gasteiger partial charge in [-0.3, -0.25) is 9.59 Å². The van der Waals surface area contributed by atoms with Crippen molar-refractivity contribution < 1.29 is 14.7 Å². The molecule has 0 saturated heterocycles. The Balaban J connectivity index is 2.46. The standard InChI is InChI=1S/C15H14O3/c1-9(2)7-13(16)12-8-14(17)10-5-3-4-6-11(10)15(12)18/h3-8,13,16H,1-2H3. The van der Waals surface area contributed by atoms with E-state index in [9.17, 15) is 14.7 Å². The summed E-state index contributed by atoms with van der Waals surface area (Å²) in [6, 6.07) is 6.66. The normalized spacial score (nSPS) is 15.8. The van der Waals surface area contributed by atoms with Crippen molar-refractivity contribution in [1.29, 1.82) is 0 Å². The van der Waals surface area contributed by atoms with E-state index < -0.39 is 6.10 Å². The SMILES string of the molecule is CC(C)=CC(O)C1=CC(=O)c2ccccc2C1=O. The lowest BCUT2D eigenvalue weighted by Crippen LogP contribution is -2.24. The van der Waals surface area contributed by atoms with Gasteiger partial charge in [-0.15, -0.1) is 0 Å². The molecule has 0 saturated carbocycles. The van der Waals surface area contributed by atoms with Gasteiger partial charge < -0.3 is 5.11 Å². The molecule has 0 radical (unpaired) electrons. The van der Waals surface area contributed by atoms with E-state index in [2.05, 4.69) is 0 Å². The Morgan fingerprint density at radius 3 is 2.39 bits per heavy atom. The molecule has 2 rings (SSSR count). The van der Waals surface area contributed by atoms with Gasteiger partial charge in [0.15, 0.2) is 11.6 Å². The van der Waals surface area contributed by atoms with Crippen LogP contribution in [0.2, 0.25) is 0 Å². The molecule has 1 aliphatic rings. The van der Waals surface area contributed by atoms with Gasteiger partial charge in [-0.2, -0.15) is 0 Å². The maximum absolute atomic E-state index is 12.2. The number of fused-ring (bicyclic) bond motifs is 1. The molecule has 1 N–H and O–H groups in total. The minimum atomic E-state index is -1.03. The van der Waals surface area contributed by atoms with Crippen molar-refractivity contribution in [3.05, 3.63) is 58.7 Å². The van der Waals surface area contributed by atoms with Crippen molar-refractivity contribution in [3.8, 4) is 0 Å². The van der Waals surface area contributed by atoms with Crippen LogP contribution in [0.4, 0.5) is 0 Å². The Hall–Kier alpha value is -2.00. The summed E-state index contributed by atoms with van der Waals surface area (Å²) in [5.41, 5.74) is 1.79. The maximum atomic E-state index is 12.2. The van der Waals surface area contributed by atoms with Crippen LogP contribution < -0.4 is 0 Å². The van der Waals surface area contributed by atoms with Crippen LogP contribution in [0, 0.1) is 0 Å². The Kier molecular flexibility index (Phi) is 3.26. The Morgan fingerprint density at radius 1 is 1.17 bits per heavy atom. The van der Waals surface area contributed by atoms with Crippen LogP contribution in [0.15, 0.2) is 47.6 Å². The van der Waals surface area contributed by atoms with Crippen LogP contribution in [-0.2, 0) is 0 Å². The molecule has 3 nitrogen and oxygen atoms in total. The fourth-order valence-corrected chi connectivity index (χ4v) is 1.96. The summed E-state index contributed by atoms with van der Waals surface area (Å²) in [4.78, 5) is 24.0. The molecule has 3 heteroatoms. The fourth-order valence-electron chi connectivity index (χ4n) is 1.96. The van der Waals surface area contributed by atoms with Gasteiger partial charge in [0.1, 0.15) is 6.10 Å². The van der Waals surface area contributed by atoms with E-state index >= 15 is 0 Å². The smallest absolute Gasteiger partial charge is 0.192 e. The third-order valence-electron chi connectivity index (χ3n) is 2.80. The first kappa shape index (κ1) is 12.5. The number of hydrogen-bond acceptors (Lipinski definition) is 3. The molecule has 1 unspecified atom stereocenters. The number of ketones is 2. The monoisotopic (exact) mass is 242 g/mol. The molecule has 0 spiro atoms. The maximum Gasteiger partial charge on any atom is 0.192 e. The van der Waals surface area contributed by atoms with E-state index in [1.165, 1.54) is 6.08 Å². The van der Waals surface area contributed by atoms with Gasteiger partial charge in [0.2, 0.25) is 0 Å². The second-order valence-corrected chi connectivity index (χ2v) is 4.53. The summed E-state index contributed by atoms with van der Waals surface area (Å²) in [6.07, 6.45) is 1.76. The van der Waals surface area contributed by atoms with E-state index in [4.69, 9.17) is 0 Å². The van der Waals surface area contributed by atoms with E-state index in [1.807, 2.05) is 13.8 Å². The summed E-state index contributed by atoms with van der Waals surface area (Å²) in [6.45, 7) is 3.65.